The van der Waals surface area contributed by atoms with Crippen LogP contribution in [-0.4, -0.2) is 32.8 Å². The van der Waals surface area contributed by atoms with Gasteiger partial charge in [0.05, 0.1) is 11.6 Å². The number of hydrogen-bond acceptors (Lipinski definition) is 4. The van der Waals surface area contributed by atoms with Crippen LogP contribution in [0.5, 0.6) is 0 Å². The van der Waals surface area contributed by atoms with Crippen LogP contribution in [0.25, 0.3) is 0 Å². The number of rotatable bonds is 2. The minimum absolute atomic E-state index is 0.105. The molecule has 0 aliphatic carbocycles. The SMILES string of the molecule is Cn1ccnc1C1N(C(=O)c2ccc(C#N)cc2)CCC12C(=O)Nc1ccccc12. The highest BCUT2D eigenvalue weighted by atomic mass is 16.2. The molecule has 3 heterocycles. The molecule has 2 atom stereocenters. The van der Waals surface area contributed by atoms with E-state index in [1.165, 1.54) is 0 Å². The number of imidazole rings is 1. The van der Waals surface area contributed by atoms with Gasteiger partial charge < -0.3 is 14.8 Å². The number of aromatic nitrogens is 2. The van der Waals surface area contributed by atoms with E-state index in [-0.39, 0.29) is 11.8 Å². The Balaban J connectivity index is 1.65. The van der Waals surface area contributed by atoms with E-state index in [0.29, 0.717) is 29.9 Å². The second-order valence-corrected chi connectivity index (χ2v) is 7.71. The van der Waals surface area contributed by atoms with E-state index < -0.39 is 11.5 Å². The predicted molar refractivity (Wildman–Crippen MR) is 110 cm³/mol. The maximum absolute atomic E-state index is 13.5. The van der Waals surface area contributed by atoms with Crippen molar-refractivity contribution >= 4 is 17.5 Å². The van der Waals surface area contributed by atoms with Crippen LogP contribution in [0.4, 0.5) is 5.69 Å². The molecule has 2 unspecified atom stereocenters. The zero-order valence-corrected chi connectivity index (χ0v) is 16.4. The lowest BCUT2D eigenvalue weighted by molar-refractivity contribution is -0.121. The van der Waals surface area contributed by atoms with Gasteiger partial charge in [-0.1, -0.05) is 18.2 Å². The van der Waals surface area contributed by atoms with E-state index in [9.17, 15) is 9.59 Å². The molecule has 0 saturated carbocycles. The average Bonchev–Trinajstić information content (AvgIpc) is 3.44. The summed E-state index contributed by atoms with van der Waals surface area (Å²) in [6, 6.07) is 15.8. The molecule has 2 aromatic carbocycles. The first-order valence-electron chi connectivity index (χ1n) is 9.75. The number of carbonyl (C=O) groups is 2. The first kappa shape index (κ1) is 18.1. The van der Waals surface area contributed by atoms with E-state index in [4.69, 9.17) is 5.26 Å². The number of likely N-dealkylation sites (tertiary alicyclic amines) is 1. The fourth-order valence-corrected chi connectivity index (χ4v) is 4.76. The molecule has 1 aromatic heterocycles. The fraction of sp³-hybridized carbons (Fsp3) is 0.217. The number of hydrogen-bond donors (Lipinski definition) is 1. The normalized spacial score (nSPS) is 22.1. The Kier molecular flexibility index (Phi) is 3.97. The monoisotopic (exact) mass is 397 g/mol. The van der Waals surface area contributed by atoms with Gasteiger partial charge in [-0.05, 0) is 42.3 Å². The Morgan fingerprint density at radius 2 is 2.00 bits per heavy atom. The number of fused-ring (bicyclic) bond motifs is 2. The highest BCUT2D eigenvalue weighted by molar-refractivity contribution is 6.08. The van der Waals surface area contributed by atoms with Gasteiger partial charge in [0.15, 0.2) is 0 Å². The van der Waals surface area contributed by atoms with Gasteiger partial charge in [0, 0.05) is 37.2 Å². The standard InChI is InChI=1S/C23H19N5O2/c1-27-13-11-25-20(27)19-23(17-4-2-3-5-18(17)26-22(23)30)10-12-28(19)21(29)16-8-6-15(14-24)7-9-16/h2-9,11,13,19H,10,12H2,1H3,(H,26,30). The lowest BCUT2D eigenvalue weighted by atomic mass is 9.74. The van der Waals surface area contributed by atoms with Crippen LogP contribution in [0.1, 0.15) is 39.8 Å². The summed E-state index contributed by atoms with van der Waals surface area (Å²) >= 11 is 0. The van der Waals surface area contributed by atoms with E-state index in [1.54, 1.807) is 35.4 Å². The Morgan fingerprint density at radius 1 is 1.23 bits per heavy atom. The van der Waals surface area contributed by atoms with Crippen molar-refractivity contribution in [1.29, 1.82) is 5.26 Å². The van der Waals surface area contributed by atoms with Crippen LogP contribution in [0, 0.1) is 11.3 Å². The molecule has 1 saturated heterocycles. The molecule has 0 bridgehead atoms. The molecule has 3 aromatic rings. The van der Waals surface area contributed by atoms with Gasteiger partial charge in [-0.3, -0.25) is 9.59 Å². The molecule has 2 aliphatic rings. The van der Waals surface area contributed by atoms with Crippen molar-refractivity contribution in [3.05, 3.63) is 83.4 Å². The van der Waals surface area contributed by atoms with Crippen molar-refractivity contribution in [2.75, 3.05) is 11.9 Å². The molecule has 5 rings (SSSR count). The summed E-state index contributed by atoms with van der Waals surface area (Å²) in [4.78, 5) is 33.1. The zero-order chi connectivity index (χ0) is 20.9. The molecule has 30 heavy (non-hydrogen) atoms. The number of amides is 2. The first-order valence-corrected chi connectivity index (χ1v) is 9.75. The number of benzene rings is 2. The fourth-order valence-electron chi connectivity index (χ4n) is 4.76. The van der Waals surface area contributed by atoms with Crippen LogP contribution in [0.15, 0.2) is 60.9 Å². The van der Waals surface area contributed by atoms with Crippen LogP contribution in [0.2, 0.25) is 0 Å². The highest BCUT2D eigenvalue weighted by Gasteiger charge is 2.60. The zero-order valence-electron chi connectivity index (χ0n) is 16.4. The third-order valence-corrected chi connectivity index (χ3v) is 6.21. The van der Waals surface area contributed by atoms with Crippen LogP contribution >= 0.6 is 0 Å². The smallest absolute Gasteiger partial charge is 0.254 e. The first-order chi connectivity index (χ1) is 14.6. The Morgan fingerprint density at radius 3 is 2.70 bits per heavy atom. The van der Waals surface area contributed by atoms with Crippen LogP contribution in [0.3, 0.4) is 0 Å². The van der Waals surface area contributed by atoms with Gasteiger partial charge in [0.25, 0.3) is 5.91 Å². The quantitative estimate of drug-likeness (QED) is 0.720. The number of nitriles is 1. The van der Waals surface area contributed by atoms with Crippen LogP contribution in [-0.2, 0) is 17.3 Å². The van der Waals surface area contributed by atoms with Crippen molar-refractivity contribution < 1.29 is 9.59 Å². The number of nitrogens with one attached hydrogen (secondary N) is 1. The molecule has 2 aliphatic heterocycles. The van der Waals surface area contributed by atoms with Crippen molar-refractivity contribution in [1.82, 2.24) is 14.5 Å². The number of anilines is 1. The van der Waals surface area contributed by atoms with Crippen molar-refractivity contribution in [2.45, 2.75) is 17.9 Å². The summed E-state index contributed by atoms with van der Waals surface area (Å²) in [6.45, 7) is 0.429. The lowest BCUT2D eigenvalue weighted by Gasteiger charge is -2.33. The third kappa shape index (κ3) is 2.40. The molecule has 2 amide bonds. The lowest BCUT2D eigenvalue weighted by Crippen LogP contribution is -2.43. The van der Waals surface area contributed by atoms with Crippen molar-refractivity contribution in [3.8, 4) is 6.07 Å². The molecular weight excluding hydrogens is 378 g/mol. The largest absolute Gasteiger partial charge is 0.336 e. The number of para-hydroxylation sites is 1. The Bertz CT molecular complexity index is 1210. The summed E-state index contributed by atoms with van der Waals surface area (Å²) in [7, 11) is 1.87. The number of aryl methyl sites for hydroxylation is 1. The second kappa shape index (κ2) is 6.56. The maximum atomic E-state index is 13.5. The summed E-state index contributed by atoms with van der Waals surface area (Å²) < 4.78 is 1.87. The average molecular weight is 397 g/mol. The Labute approximate surface area is 173 Å². The van der Waals surface area contributed by atoms with Crippen molar-refractivity contribution in [2.24, 2.45) is 7.05 Å². The molecule has 1 fully saturated rings. The summed E-state index contributed by atoms with van der Waals surface area (Å²) in [5.41, 5.74) is 1.77. The highest BCUT2D eigenvalue weighted by Crippen LogP contribution is 2.54. The van der Waals surface area contributed by atoms with Gasteiger partial charge in [-0.15, -0.1) is 0 Å². The van der Waals surface area contributed by atoms with Crippen molar-refractivity contribution in [3.63, 3.8) is 0 Å². The van der Waals surface area contributed by atoms with Gasteiger partial charge >= 0.3 is 0 Å². The molecule has 1 N–H and O–H groups in total. The number of carbonyl (C=O) groups excluding carboxylic acids is 2. The topological polar surface area (TPSA) is 91.0 Å². The Hall–Kier alpha value is -3.92. The van der Waals surface area contributed by atoms with E-state index in [1.807, 2.05) is 42.1 Å². The second-order valence-electron chi connectivity index (χ2n) is 7.71. The van der Waals surface area contributed by atoms with Crippen LogP contribution < -0.4 is 5.32 Å². The molecule has 1 spiro atoms. The van der Waals surface area contributed by atoms with Gasteiger partial charge in [0.1, 0.15) is 17.3 Å². The van der Waals surface area contributed by atoms with Gasteiger partial charge in [-0.25, -0.2) is 4.98 Å². The summed E-state index contributed by atoms with van der Waals surface area (Å²) in [6.07, 6.45) is 4.02. The van der Waals surface area contributed by atoms with E-state index in [2.05, 4.69) is 16.4 Å². The molecule has 0 radical (unpaired) electrons. The van der Waals surface area contributed by atoms with Gasteiger partial charge in [0.2, 0.25) is 5.91 Å². The minimum Gasteiger partial charge on any atom is -0.336 e. The molecule has 7 heteroatoms. The maximum Gasteiger partial charge on any atom is 0.254 e. The third-order valence-electron chi connectivity index (χ3n) is 6.21. The number of nitrogens with zero attached hydrogens (tertiary/aromatic N) is 4. The minimum atomic E-state index is -0.891. The van der Waals surface area contributed by atoms with E-state index >= 15 is 0 Å². The molecule has 148 valence electrons. The van der Waals surface area contributed by atoms with Gasteiger partial charge in [-0.2, -0.15) is 5.26 Å². The molecular formula is C23H19N5O2. The predicted octanol–water partition coefficient (Wildman–Crippen LogP) is 2.77. The summed E-state index contributed by atoms with van der Waals surface area (Å²) in [5, 5.41) is 12.0. The summed E-state index contributed by atoms with van der Waals surface area (Å²) in [5.74, 6) is 0.384. The molecule has 7 nitrogen and oxygen atoms in total. The van der Waals surface area contributed by atoms with E-state index in [0.717, 1.165) is 11.3 Å².